The van der Waals surface area contributed by atoms with Crippen LogP contribution >= 0.6 is 0 Å². The van der Waals surface area contributed by atoms with Gasteiger partial charge < -0.3 is 4.74 Å². The summed E-state index contributed by atoms with van der Waals surface area (Å²) in [5, 5.41) is 0. The molecule has 0 aromatic carbocycles. The van der Waals surface area contributed by atoms with Gasteiger partial charge in [0.2, 0.25) is 0 Å². The summed E-state index contributed by atoms with van der Waals surface area (Å²) in [6.45, 7) is 6.17. The lowest BCUT2D eigenvalue weighted by Crippen LogP contribution is -2.04. The van der Waals surface area contributed by atoms with Crippen LogP contribution in [0.4, 0.5) is 0 Å². The summed E-state index contributed by atoms with van der Waals surface area (Å²) in [7, 11) is 0. The minimum atomic E-state index is -0.319. The Hall–Kier alpha value is -1.38. The van der Waals surface area contributed by atoms with Gasteiger partial charge in [0.1, 0.15) is 0 Å². The van der Waals surface area contributed by atoms with Crippen molar-refractivity contribution < 1.29 is 9.53 Å². The molecule has 1 heterocycles. The summed E-state index contributed by atoms with van der Waals surface area (Å²) in [5.74, 6) is -0.319. The van der Waals surface area contributed by atoms with Gasteiger partial charge in [-0.05, 0) is 19.1 Å². The highest BCUT2D eigenvalue weighted by molar-refractivity contribution is 5.88. The van der Waals surface area contributed by atoms with Crippen LogP contribution in [0.2, 0.25) is 0 Å². The molecule has 3 heteroatoms. The Kier molecular flexibility index (Phi) is 6.51. The van der Waals surface area contributed by atoms with E-state index in [-0.39, 0.29) is 5.97 Å². The SMILES string of the molecule is CC.CCOC(=O)c1cccnc1. The molecular weight excluding hydrogens is 166 g/mol. The van der Waals surface area contributed by atoms with Gasteiger partial charge >= 0.3 is 5.97 Å². The summed E-state index contributed by atoms with van der Waals surface area (Å²) in [6.07, 6.45) is 3.10. The van der Waals surface area contributed by atoms with E-state index >= 15 is 0 Å². The molecule has 0 amide bonds. The van der Waals surface area contributed by atoms with Crippen LogP contribution in [0.3, 0.4) is 0 Å². The number of pyridine rings is 1. The Morgan fingerprint density at radius 1 is 1.54 bits per heavy atom. The third kappa shape index (κ3) is 4.25. The molecule has 3 nitrogen and oxygen atoms in total. The van der Waals surface area contributed by atoms with Crippen LogP contribution in [0.25, 0.3) is 0 Å². The first kappa shape index (κ1) is 11.6. The molecule has 1 aromatic heterocycles. The number of carbonyl (C=O) groups is 1. The molecule has 0 bridgehead atoms. The minimum absolute atomic E-state index is 0.319. The second kappa shape index (κ2) is 7.28. The third-order valence-electron chi connectivity index (χ3n) is 1.17. The van der Waals surface area contributed by atoms with E-state index in [9.17, 15) is 4.79 Å². The molecule has 13 heavy (non-hydrogen) atoms. The van der Waals surface area contributed by atoms with Crippen molar-refractivity contribution in [1.82, 2.24) is 4.98 Å². The zero-order chi connectivity index (χ0) is 10.1. The van der Waals surface area contributed by atoms with Gasteiger partial charge in [0.05, 0.1) is 12.2 Å². The fourth-order valence-electron chi connectivity index (χ4n) is 0.698. The van der Waals surface area contributed by atoms with Gasteiger partial charge in [0, 0.05) is 12.4 Å². The fraction of sp³-hybridized carbons (Fsp3) is 0.400. The largest absolute Gasteiger partial charge is 0.462 e. The number of ether oxygens (including phenoxy) is 1. The number of aromatic nitrogens is 1. The van der Waals surface area contributed by atoms with E-state index in [1.807, 2.05) is 13.8 Å². The van der Waals surface area contributed by atoms with Crippen molar-refractivity contribution in [2.75, 3.05) is 6.61 Å². The Labute approximate surface area is 78.8 Å². The van der Waals surface area contributed by atoms with Crippen LogP contribution in [-0.2, 0) is 4.74 Å². The summed E-state index contributed by atoms with van der Waals surface area (Å²) in [4.78, 5) is 14.8. The van der Waals surface area contributed by atoms with Gasteiger partial charge in [-0.1, -0.05) is 13.8 Å². The van der Waals surface area contributed by atoms with Crippen molar-refractivity contribution in [3.8, 4) is 0 Å². The molecular formula is C10H15NO2. The molecule has 0 saturated heterocycles. The van der Waals surface area contributed by atoms with Crippen LogP contribution in [0.15, 0.2) is 24.5 Å². The monoisotopic (exact) mass is 181 g/mol. The Morgan fingerprint density at radius 3 is 2.69 bits per heavy atom. The standard InChI is InChI=1S/C8H9NO2.C2H6/c1-2-11-8(10)7-4-3-5-9-6-7;1-2/h3-6H,2H2,1H3;1-2H3. The highest BCUT2D eigenvalue weighted by Gasteiger charge is 2.03. The topological polar surface area (TPSA) is 39.2 Å². The van der Waals surface area contributed by atoms with Crippen molar-refractivity contribution in [3.63, 3.8) is 0 Å². The number of hydrogen-bond donors (Lipinski definition) is 0. The fourth-order valence-corrected chi connectivity index (χ4v) is 0.698. The maximum atomic E-state index is 11.0. The van der Waals surface area contributed by atoms with Gasteiger partial charge in [-0.3, -0.25) is 4.98 Å². The second-order valence-electron chi connectivity index (χ2n) is 1.96. The van der Waals surface area contributed by atoms with Crippen LogP contribution in [0, 0.1) is 0 Å². The average Bonchev–Trinajstić information content (AvgIpc) is 2.23. The third-order valence-corrected chi connectivity index (χ3v) is 1.17. The number of esters is 1. The summed E-state index contributed by atoms with van der Waals surface area (Å²) >= 11 is 0. The summed E-state index contributed by atoms with van der Waals surface area (Å²) in [6, 6.07) is 3.37. The van der Waals surface area contributed by atoms with E-state index in [0.29, 0.717) is 12.2 Å². The predicted octanol–water partition coefficient (Wildman–Crippen LogP) is 2.28. The zero-order valence-corrected chi connectivity index (χ0v) is 8.28. The number of rotatable bonds is 2. The number of hydrogen-bond acceptors (Lipinski definition) is 3. The first-order valence-corrected chi connectivity index (χ1v) is 4.41. The Balaban J connectivity index is 0.000000671. The molecule has 0 N–H and O–H groups in total. The van der Waals surface area contributed by atoms with E-state index in [1.54, 1.807) is 25.3 Å². The Morgan fingerprint density at radius 2 is 2.23 bits per heavy atom. The van der Waals surface area contributed by atoms with Crippen LogP contribution < -0.4 is 0 Å². The minimum Gasteiger partial charge on any atom is -0.462 e. The van der Waals surface area contributed by atoms with E-state index in [1.165, 1.54) is 6.20 Å². The molecule has 0 radical (unpaired) electrons. The maximum Gasteiger partial charge on any atom is 0.339 e. The average molecular weight is 181 g/mol. The molecule has 0 aliphatic heterocycles. The van der Waals surface area contributed by atoms with E-state index < -0.39 is 0 Å². The highest BCUT2D eigenvalue weighted by Crippen LogP contribution is 1.97. The highest BCUT2D eigenvalue weighted by atomic mass is 16.5. The summed E-state index contributed by atoms with van der Waals surface area (Å²) in [5.41, 5.74) is 0.495. The molecule has 0 spiro atoms. The lowest BCUT2D eigenvalue weighted by atomic mass is 10.3. The van der Waals surface area contributed by atoms with Crippen molar-refractivity contribution in [3.05, 3.63) is 30.1 Å². The molecule has 1 aromatic rings. The van der Waals surface area contributed by atoms with Crippen molar-refractivity contribution in [1.29, 1.82) is 0 Å². The van der Waals surface area contributed by atoms with Crippen LogP contribution in [-0.4, -0.2) is 17.6 Å². The van der Waals surface area contributed by atoms with Gasteiger partial charge in [-0.25, -0.2) is 4.79 Å². The normalized spacial score (nSPS) is 8.23. The molecule has 0 atom stereocenters. The van der Waals surface area contributed by atoms with Gasteiger partial charge in [0.25, 0.3) is 0 Å². The molecule has 0 aliphatic rings. The Bertz CT molecular complexity index is 234. The van der Waals surface area contributed by atoms with E-state index in [2.05, 4.69) is 4.98 Å². The molecule has 0 fully saturated rings. The first-order valence-electron chi connectivity index (χ1n) is 4.41. The molecule has 72 valence electrons. The molecule has 0 unspecified atom stereocenters. The quantitative estimate of drug-likeness (QED) is 0.657. The van der Waals surface area contributed by atoms with Crippen LogP contribution in [0.5, 0.6) is 0 Å². The van der Waals surface area contributed by atoms with Crippen LogP contribution in [0.1, 0.15) is 31.1 Å². The molecule has 0 saturated carbocycles. The van der Waals surface area contributed by atoms with Gasteiger partial charge in [-0.2, -0.15) is 0 Å². The lowest BCUT2D eigenvalue weighted by Gasteiger charge is -1.98. The maximum absolute atomic E-state index is 11.0. The number of nitrogens with zero attached hydrogens (tertiary/aromatic N) is 1. The van der Waals surface area contributed by atoms with E-state index in [0.717, 1.165) is 0 Å². The van der Waals surface area contributed by atoms with Crippen molar-refractivity contribution >= 4 is 5.97 Å². The van der Waals surface area contributed by atoms with Crippen molar-refractivity contribution in [2.24, 2.45) is 0 Å². The smallest absolute Gasteiger partial charge is 0.339 e. The molecule has 1 rings (SSSR count). The van der Waals surface area contributed by atoms with Gasteiger partial charge in [0.15, 0.2) is 0 Å². The predicted molar refractivity (Wildman–Crippen MR) is 51.5 cm³/mol. The number of carbonyl (C=O) groups excluding carboxylic acids is 1. The van der Waals surface area contributed by atoms with Crippen molar-refractivity contribution in [2.45, 2.75) is 20.8 Å². The molecule has 0 aliphatic carbocycles. The van der Waals surface area contributed by atoms with Gasteiger partial charge in [-0.15, -0.1) is 0 Å². The first-order chi connectivity index (χ1) is 6.34. The zero-order valence-electron chi connectivity index (χ0n) is 8.28. The second-order valence-corrected chi connectivity index (χ2v) is 1.96. The summed E-state index contributed by atoms with van der Waals surface area (Å²) < 4.78 is 4.75. The van der Waals surface area contributed by atoms with E-state index in [4.69, 9.17) is 4.74 Å². The lowest BCUT2D eigenvalue weighted by molar-refractivity contribution is 0.0526.